The zero-order valence-corrected chi connectivity index (χ0v) is 18.3. The molecule has 0 saturated carbocycles. The predicted octanol–water partition coefficient (Wildman–Crippen LogP) is -0.418. The zero-order chi connectivity index (χ0) is 22.5. The molecular weight excluding hydrogens is 384 g/mol. The molecule has 176 valence electrons. The minimum Gasteiger partial charge on any atom is -0.393 e. The maximum absolute atomic E-state index is 10.5. The molecule has 0 radical (unpaired) electrons. The van der Waals surface area contributed by atoms with Gasteiger partial charge in [0.15, 0.2) is 0 Å². The molecule has 0 heterocycles. The van der Waals surface area contributed by atoms with Gasteiger partial charge in [-0.3, -0.25) is 0 Å². The van der Waals surface area contributed by atoms with Crippen molar-refractivity contribution in [1.29, 1.82) is 0 Å². The van der Waals surface area contributed by atoms with Crippen molar-refractivity contribution in [2.75, 3.05) is 39.6 Å². The summed E-state index contributed by atoms with van der Waals surface area (Å²) in [5.41, 5.74) is -2.93. The quantitative estimate of drug-likeness (QED) is 0.172. The average Bonchev–Trinajstić information content (AvgIpc) is 2.67. The lowest BCUT2D eigenvalue weighted by Crippen LogP contribution is -2.56. The normalized spacial score (nSPS) is 20.5. The molecule has 0 aromatic carbocycles. The Labute approximate surface area is 174 Å². The molecule has 29 heavy (non-hydrogen) atoms. The first-order chi connectivity index (χ1) is 13.6. The van der Waals surface area contributed by atoms with Crippen molar-refractivity contribution in [3.05, 3.63) is 0 Å². The molecule has 0 aliphatic carbocycles. The highest BCUT2D eigenvalue weighted by Crippen LogP contribution is 2.25. The van der Waals surface area contributed by atoms with Crippen LogP contribution in [-0.2, 0) is 14.2 Å². The van der Waals surface area contributed by atoms with E-state index in [1.165, 1.54) is 13.8 Å². The highest BCUT2D eigenvalue weighted by Gasteiger charge is 2.43. The number of aliphatic hydroxyl groups excluding tert-OH is 6. The van der Waals surface area contributed by atoms with Gasteiger partial charge in [-0.05, 0) is 26.7 Å². The average molecular weight is 427 g/mol. The molecule has 0 aliphatic heterocycles. The number of ether oxygens (including phenoxy) is 3. The molecule has 0 aromatic heterocycles. The van der Waals surface area contributed by atoms with Crippen LogP contribution in [0.2, 0.25) is 0 Å². The Morgan fingerprint density at radius 3 is 1.28 bits per heavy atom. The summed E-state index contributed by atoms with van der Waals surface area (Å²) in [6.45, 7) is 5.03. The first-order valence-electron chi connectivity index (χ1n) is 10.4. The van der Waals surface area contributed by atoms with Gasteiger partial charge in [-0.2, -0.15) is 0 Å². The van der Waals surface area contributed by atoms with Crippen molar-refractivity contribution in [3.63, 3.8) is 0 Å². The topological polar surface area (TPSA) is 149 Å². The molecule has 0 spiro atoms. The number of hydrogen-bond acceptors (Lipinski definition) is 9. The summed E-state index contributed by atoms with van der Waals surface area (Å²) in [6, 6.07) is 0. The standard InChI is InChI=1S/C20H42O9/c1-5-7-17(25)19(11-21,28-9-15(3)23)13-27-14-20(12-22,18(26)8-6-2)29-10-16(4)24/h15-18,21-26H,5-14H2,1-4H3. The first-order valence-corrected chi connectivity index (χ1v) is 10.4. The van der Waals surface area contributed by atoms with Gasteiger partial charge in [-0.15, -0.1) is 0 Å². The highest BCUT2D eigenvalue weighted by molar-refractivity contribution is 4.92. The Kier molecular flexibility index (Phi) is 14.4. The molecule has 9 heteroatoms. The third-order valence-electron chi connectivity index (χ3n) is 4.79. The lowest BCUT2D eigenvalue weighted by Gasteiger charge is -2.40. The summed E-state index contributed by atoms with van der Waals surface area (Å²) in [7, 11) is 0. The fourth-order valence-corrected chi connectivity index (χ4v) is 2.90. The van der Waals surface area contributed by atoms with Crippen LogP contribution >= 0.6 is 0 Å². The molecule has 6 unspecified atom stereocenters. The van der Waals surface area contributed by atoms with Gasteiger partial charge in [0.25, 0.3) is 0 Å². The van der Waals surface area contributed by atoms with Gasteiger partial charge in [0.2, 0.25) is 0 Å². The van der Waals surface area contributed by atoms with E-state index in [0.29, 0.717) is 25.7 Å². The Balaban J connectivity index is 5.36. The van der Waals surface area contributed by atoms with Crippen LogP contribution in [0.15, 0.2) is 0 Å². The Bertz CT molecular complexity index is 371. The van der Waals surface area contributed by atoms with Crippen LogP contribution in [0, 0.1) is 0 Å². The maximum atomic E-state index is 10.5. The third kappa shape index (κ3) is 9.54. The van der Waals surface area contributed by atoms with E-state index in [4.69, 9.17) is 14.2 Å². The second-order valence-corrected chi connectivity index (χ2v) is 7.87. The van der Waals surface area contributed by atoms with E-state index in [-0.39, 0.29) is 26.4 Å². The predicted molar refractivity (Wildman–Crippen MR) is 108 cm³/mol. The SMILES string of the molecule is CCCC(O)C(CO)(COCC(CO)(OCC(C)O)C(O)CCC)OCC(C)O. The molecule has 0 bridgehead atoms. The van der Waals surface area contributed by atoms with Gasteiger partial charge in [-0.1, -0.05) is 26.7 Å². The van der Waals surface area contributed by atoms with Gasteiger partial charge in [-0.25, -0.2) is 0 Å². The van der Waals surface area contributed by atoms with Crippen molar-refractivity contribution in [2.24, 2.45) is 0 Å². The van der Waals surface area contributed by atoms with E-state index in [2.05, 4.69) is 0 Å². The van der Waals surface area contributed by atoms with Gasteiger partial charge >= 0.3 is 0 Å². The van der Waals surface area contributed by atoms with Crippen LogP contribution in [0.1, 0.15) is 53.4 Å². The van der Waals surface area contributed by atoms with Gasteiger partial charge in [0.05, 0.1) is 64.1 Å². The van der Waals surface area contributed by atoms with Crippen molar-refractivity contribution < 1.29 is 44.8 Å². The smallest absolute Gasteiger partial charge is 0.140 e. The van der Waals surface area contributed by atoms with Crippen LogP contribution in [-0.4, -0.2) is 106 Å². The summed E-state index contributed by atoms with van der Waals surface area (Å²) >= 11 is 0. The molecule has 9 nitrogen and oxygen atoms in total. The van der Waals surface area contributed by atoms with Gasteiger partial charge < -0.3 is 44.8 Å². The zero-order valence-electron chi connectivity index (χ0n) is 18.3. The van der Waals surface area contributed by atoms with Crippen molar-refractivity contribution in [2.45, 2.75) is 89.0 Å². The second-order valence-electron chi connectivity index (χ2n) is 7.87. The summed E-state index contributed by atoms with van der Waals surface area (Å²) in [5, 5.41) is 60.0. The maximum Gasteiger partial charge on any atom is 0.140 e. The second kappa shape index (κ2) is 14.6. The van der Waals surface area contributed by atoms with Crippen LogP contribution < -0.4 is 0 Å². The molecule has 6 N–H and O–H groups in total. The summed E-state index contributed by atoms with van der Waals surface area (Å²) < 4.78 is 16.9. The van der Waals surface area contributed by atoms with Crippen LogP contribution in [0.25, 0.3) is 0 Å². The van der Waals surface area contributed by atoms with Crippen molar-refractivity contribution in [1.82, 2.24) is 0 Å². The molecule has 6 atom stereocenters. The molecule has 0 amide bonds. The van der Waals surface area contributed by atoms with Crippen LogP contribution in [0.3, 0.4) is 0 Å². The van der Waals surface area contributed by atoms with E-state index < -0.39 is 48.8 Å². The molecule has 0 rings (SSSR count). The van der Waals surface area contributed by atoms with E-state index in [0.717, 1.165) is 0 Å². The van der Waals surface area contributed by atoms with Crippen LogP contribution in [0.5, 0.6) is 0 Å². The molecule has 0 saturated heterocycles. The van der Waals surface area contributed by atoms with E-state index >= 15 is 0 Å². The number of rotatable bonds is 18. The number of hydrogen-bond donors (Lipinski definition) is 6. The van der Waals surface area contributed by atoms with E-state index in [9.17, 15) is 30.6 Å². The number of aliphatic hydroxyl groups is 6. The Morgan fingerprint density at radius 1 is 0.690 bits per heavy atom. The van der Waals surface area contributed by atoms with Crippen molar-refractivity contribution >= 4 is 0 Å². The fraction of sp³-hybridized carbons (Fsp3) is 1.00. The lowest BCUT2D eigenvalue weighted by atomic mass is 9.93. The Hall–Kier alpha value is -0.360. The van der Waals surface area contributed by atoms with E-state index in [1.807, 2.05) is 13.8 Å². The highest BCUT2D eigenvalue weighted by atomic mass is 16.6. The fourth-order valence-electron chi connectivity index (χ4n) is 2.90. The molecule has 0 aromatic rings. The minimum absolute atomic E-state index is 0.104. The third-order valence-corrected chi connectivity index (χ3v) is 4.79. The van der Waals surface area contributed by atoms with Gasteiger partial charge in [0, 0.05) is 0 Å². The van der Waals surface area contributed by atoms with E-state index in [1.54, 1.807) is 0 Å². The molecule has 0 aliphatic rings. The summed E-state index contributed by atoms with van der Waals surface area (Å²) in [4.78, 5) is 0. The minimum atomic E-state index is -1.46. The Morgan fingerprint density at radius 2 is 1.03 bits per heavy atom. The largest absolute Gasteiger partial charge is 0.393 e. The lowest BCUT2D eigenvalue weighted by molar-refractivity contribution is -0.222. The summed E-state index contributed by atoms with van der Waals surface area (Å²) in [5.74, 6) is 0. The first kappa shape index (κ1) is 28.6. The van der Waals surface area contributed by atoms with Crippen molar-refractivity contribution in [3.8, 4) is 0 Å². The van der Waals surface area contributed by atoms with Crippen LogP contribution in [0.4, 0.5) is 0 Å². The monoisotopic (exact) mass is 426 g/mol. The molecular formula is C20H42O9. The molecule has 0 fully saturated rings. The summed E-state index contributed by atoms with van der Waals surface area (Å²) in [6.07, 6.45) is -1.68. The van der Waals surface area contributed by atoms with Gasteiger partial charge in [0.1, 0.15) is 11.2 Å².